The molecule has 0 radical (unpaired) electrons. The van der Waals surface area contributed by atoms with E-state index in [1.807, 2.05) is 38.1 Å². The summed E-state index contributed by atoms with van der Waals surface area (Å²) in [4.78, 5) is 0. The van der Waals surface area contributed by atoms with Gasteiger partial charge in [-0.15, -0.1) is 0 Å². The Balaban J connectivity index is 2.79. The molecule has 0 aromatic heterocycles. The summed E-state index contributed by atoms with van der Waals surface area (Å²) in [6.45, 7) is 7.42. The lowest BCUT2D eigenvalue weighted by Gasteiger charge is -2.23. The van der Waals surface area contributed by atoms with E-state index in [0.717, 1.165) is 17.7 Å². The van der Waals surface area contributed by atoms with Crippen LogP contribution in [0.25, 0.3) is 0 Å². The van der Waals surface area contributed by atoms with Crippen LogP contribution in [0.5, 0.6) is 5.75 Å². The Kier molecular flexibility index (Phi) is 6.01. The van der Waals surface area contributed by atoms with Crippen molar-refractivity contribution in [2.45, 2.75) is 39.3 Å². The molecule has 0 fully saturated rings. The Morgan fingerprint density at radius 2 is 1.94 bits per heavy atom. The van der Waals surface area contributed by atoms with E-state index in [-0.39, 0.29) is 12.1 Å². The molecule has 3 heteroatoms. The normalized spacial score (nSPS) is 14.4. The lowest BCUT2D eigenvalue weighted by Crippen LogP contribution is -2.28. The summed E-state index contributed by atoms with van der Waals surface area (Å²) in [7, 11) is 0. The first-order valence-corrected chi connectivity index (χ1v) is 6.32. The minimum absolute atomic E-state index is 0.0666. The Hall–Kier alpha value is -1.06. The van der Waals surface area contributed by atoms with Crippen LogP contribution in [-0.2, 0) is 4.74 Å². The molecule has 1 aromatic rings. The maximum Gasteiger partial charge on any atom is 0.119 e. The summed E-state index contributed by atoms with van der Waals surface area (Å²) >= 11 is 0. The quantitative estimate of drug-likeness (QED) is 0.793. The molecule has 0 saturated heterocycles. The summed E-state index contributed by atoms with van der Waals surface area (Å²) in [5, 5.41) is 0. The van der Waals surface area contributed by atoms with Gasteiger partial charge in [-0.25, -0.2) is 0 Å². The molecule has 17 heavy (non-hydrogen) atoms. The van der Waals surface area contributed by atoms with Gasteiger partial charge in [0, 0.05) is 6.61 Å². The largest absolute Gasteiger partial charge is 0.494 e. The average Bonchev–Trinajstić information content (AvgIpc) is 2.36. The molecular formula is C14H23NO2. The van der Waals surface area contributed by atoms with Gasteiger partial charge in [0.2, 0.25) is 0 Å². The molecule has 2 N–H and O–H groups in total. The Labute approximate surface area is 104 Å². The van der Waals surface area contributed by atoms with Gasteiger partial charge in [-0.3, -0.25) is 0 Å². The van der Waals surface area contributed by atoms with Gasteiger partial charge < -0.3 is 15.2 Å². The van der Waals surface area contributed by atoms with Crippen molar-refractivity contribution in [3.05, 3.63) is 29.8 Å². The van der Waals surface area contributed by atoms with Gasteiger partial charge in [0.1, 0.15) is 5.75 Å². The number of benzene rings is 1. The van der Waals surface area contributed by atoms with Crippen LogP contribution in [0.1, 0.15) is 38.8 Å². The smallest absolute Gasteiger partial charge is 0.119 e. The van der Waals surface area contributed by atoms with Crippen LogP contribution >= 0.6 is 0 Å². The van der Waals surface area contributed by atoms with Crippen molar-refractivity contribution in [2.24, 2.45) is 5.73 Å². The second kappa shape index (κ2) is 7.30. The van der Waals surface area contributed by atoms with E-state index in [1.54, 1.807) is 0 Å². The SMILES string of the molecule is CCOc1cccc(C(N)C(CC)OCC)c1. The molecular weight excluding hydrogens is 214 g/mol. The van der Waals surface area contributed by atoms with Gasteiger partial charge in [0.05, 0.1) is 18.8 Å². The third kappa shape index (κ3) is 4.02. The molecule has 0 heterocycles. The maximum absolute atomic E-state index is 6.22. The highest BCUT2D eigenvalue weighted by atomic mass is 16.5. The van der Waals surface area contributed by atoms with Gasteiger partial charge in [0.15, 0.2) is 0 Å². The summed E-state index contributed by atoms with van der Waals surface area (Å²) in [6.07, 6.45) is 0.977. The second-order valence-corrected chi connectivity index (χ2v) is 3.93. The molecule has 3 nitrogen and oxygen atoms in total. The Morgan fingerprint density at radius 1 is 1.18 bits per heavy atom. The number of hydrogen-bond donors (Lipinski definition) is 1. The Morgan fingerprint density at radius 3 is 2.53 bits per heavy atom. The minimum Gasteiger partial charge on any atom is -0.494 e. The van der Waals surface area contributed by atoms with Crippen molar-refractivity contribution in [3.63, 3.8) is 0 Å². The number of nitrogens with two attached hydrogens (primary N) is 1. The summed E-state index contributed by atoms with van der Waals surface area (Å²) < 4.78 is 11.1. The van der Waals surface area contributed by atoms with Crippen molar-refractivity contribution in [1.29, 1.82) is 0 Å². The van der Waals surface area contributed by atoms with Crippen LogP contribution in [0.15, 0.2) is 24.3 Å². The Bertz CT molecular complexity index is 328. The first kappa shape index (κ1) is 14.0. The highest BCUT2D eigenvalue weighted by Gasteiger charge is 2.18. The molecule has 0 aliphatic carbocycles. The van der Waals surface area contributed by atoms with Crippen LogP contribution in [0.3, 0.4) is 0 Å². The first-order chi connectivity index (χ1) is 8.22. The van der Waals surface area contributed by atoms with Gasteiger partial charge >= 0.3 is 0 Å². The zero-order valence-corrected chi connectivity index (χ0v) is 11.0. The van der Waals surface area contributed by atoms with Gasteiger partial charge in [-0.05, 0) is 38.0 Å². The fraction of sp³-hybridized carbons (Fsp3) is 0.571. The molecule has 0 amide bonds. The molecule has 0 bridgehead atoms. The van der Waals surface area contributed by atoms with Crippen molar-refractivity contribution in [2.75, 3.05) is 13.2 Å². The summed E-state index contributed by atoms with van der Waals surface area (Å²) in [5.41, 5.74) is 7.29. The minimum atomic E-state index is -0.0969. The van der Waals surface area contributed by atoms with E-state index in [9.17, 15) is 0 Å². The van der Waals surface area contributed by atoms with E-state index in [0.29, 0.717) is 13.2 Å². The van der Waals surface area contributed by atoms with Crippen molar-refractivity contribution < 1.29 is 9.47 Å². The van der Waals surface area contributed by atoms with Crippen LogP contribution in [0.2, 0.25) is 0 Å². The van der Waals surface area contributed by atoms with E-state index < -0.39 is 0 Å². The van der Waals surface area contributed by atoms with E-state index in [1.165, 1.54) is 0 Å². The molecule has 0 spiro atoms. The fourth-order valence-corrected chi connectivity index (χ4v) is 1.88. The summed E-state index contributed by atoms with van der Waals surface area (Å²) in [6, 6.07) is 7.84. The third-order valence-corrected chi connectivity index (χ3v) is 2.74. The predicted octanol–water partition coefficient (Wildman–Crippen LogP) is 2.90. The van der Waals surface area contributed by atoms with E-state index in [2.05, 4.69) is 6.92 Å². The molecule has 0 aliphatic rings. The molecule has 0 saturated carbocycles. The van der Waals surface area contributed by atoms with Crippen LogP contribution in [0, 0.1) is 0 Å². The predicted molar refractivity (Wildman–Crippen MR) is 70.2 cm³/mol. The number of rotatable bonds is 7. The standard InChI is InChI=1S/C14H23NO2/c1-4-13(17-6-3)14(15)11-8-7-9-12(10-11)16-5-2/h7-10,13-14H,4-6,15H2,1-3H3. The highest BCUT2D eigenvalue weighted by Crippen LogP contribution is 2.23. The van der Waals surface area contributed by atoms with Crippen molar-refractivity contribution in [1.82, 2.24) is 0 Å². The molecule has 0 aliphatic heterocycles. The lowest BCUT2D eigenvalue weighted by molar-refractivity contribution is 0.0413. The maximum atomic E-state index is 6.22. The molecule has 2 unspecified atom stereocenters. The van der Waals surface area contributed by atoms with Gasteiger partial charge in [-0.1, -0.05) is 19.1 Å². The van der Waals surface area contributed by atoms with E-state index >= 15 is 0 Å². The second-order valence-electron chi connectivity index (χ2n) is 3.93. The van der Waals surface area contributed by atoms with Gasteiger partial charge in [-0.2, -0.15) is 0 Å². The first-order valence-electron chi connectivity index (χ1n) is 6.32. The fourth-order valence-electron chi connectivity index (χ4n) is 1.88. The number of ether oxygens (including phenoxy) is 2. The van der Waals surface area contributed by atoms with Crippen LogP contribution in [0.4, 0.5) is 0 Å². The van der Waals surface area contributed by atoms with Crippen LogP contribution in [-0.4, -0.2) is 19.3 Å². The van der Waals surface area contributed by atoms with Gasteiger partial charge in [0.25, 0.3) is 0 Å². The molecule has 2 atom stereocenters. The third-order valence-electron chi connectivity index (χ3n) is 2.74. The zero-order chi connectivity index (χ0) is 12.7. The van der Waals surface area contributed by atoms with Crippen molar-refractivity contribution >= 4 is 0 Å². The van der Waals surface area contributed by atoms with E-state index in [4.69, 9.17) is 15.2 Å². The van der Waals surface area contributed by atoms with Crippen molar-refractivity contribution in [3.8, 4) is 5.75 Å². The molecule has 1 aromatic carbocycles. The molecule has 96 valence electrons. The lowest BCUT2D eigenvalue weighted by atomic mass is 10.0. The highest BCUT2D eigenvalue weighted by molar-refractivity contribution is 5.31. The average molecular weight is 237 g/mol. The monoisotopic (exact) mass is 237 g/mol. The molecule has 1 rings (SSSR count). The number of hydrogen-bond acceptors (Lipinski definition) is 3. The summed E-state index contributed by atoms with van der Waals surface area (Å²) in [5.74, 6) is 0.867. The topological polar surface area (TPSA) is 44.5 Å². The van der Waals surface area contributed by atoms with Crippen LogP contribution < -0.4 is 10.5 Å². The zero-order valence-electron chi connectivity index (χ0n) is 11.0.